The Bertz CT molecular complexity index is 140. The first-order valence-electron chi connectivity index (χ1n) is 3.86. The lowest BCUT2D eigenvalue weighted by Gasteiger charge is -2.36. The Hall–Kier alpha value is 0.610. The summed E-state index contributed by atoms with van der Waals surface area (Å²) in [7, 11) is 1.74. The number of likely N-dealkylation sites (tertiary alicyclic amines) is 1. The Balaban J connectivity index is 2.48. The topological polar surface area (TPSA) is 40.5 Å². The molecular formula is C7H15INO2+. The smallest absolute Gasteiger partial charge is 0.135 e. The van der Waals surface area contributed by atoms with E-state index in [1.165, 1.54) is 0 Å². The number of halogens is 1. The Kier molecular flexibility index (Phi) is 3.13. The van der Waals surface area contributed by atoms with Crippen molar-refractivity contribution in [2.24, 2.45) is 5.92 Å². The van der Waals surface area contributed by atoms with Crippen molar-refractivity contribution in [3.63, 3.8) is 0 Å². The number of aliphatic hydroxyl groups is 1. The van der Waals surface area contributed by atoms with Gasteiger partial charge in [-0.1, -0.05) is 22.6 Å². The summed E-state index contributed by atoms with van der Waals surface area (Å²) in [4.78, 5) is 0. The summed E-state index contributed by atoms with van der Waals surface area (Å²) in [5, 5.41) is 19.1. The van der Waals surface area contributed by atoms with E-state index in [2.05, 4.69) is 22.6 Å². The second kappa shape index (κ2) is 3.55. The second-order valence-corrected chi connectivity index (χ2v) is 4.40. The molecule has 3 nitrogen and oxygen atoms in total. The minimum atomic E-state index is -0.323. The molecule has 1 saturated heterocycles. The molecule has 0 saturated carbocycles. The van der Waals surface area contributed by atoms with Gasteiger partial charge in [0.1, 0.15) is 19.2 Å². The van der Waals surface area contributed by atoms with Gasteiger partial charge < -0.3 is 5.11 Å². The molecule has 66 valence electrons. The van der Waals surface area contributed by atoms with Crippen LogP contribution in [0.2, 0.25) is 0 Å². The lowest BCUT2D eigenvalue weighted by Crippen LogP contribution is -2.53. The van der Waals surface area contributed by atoms with Gasteiger partial charge in [0.15, 0.2) is 0 Å². The third kappa shape index (κ3) is 2.54. The van der Waals surface area contributed by atoms with Crippen LogP contribution in [0.1, 0.15) is 6.42 Å². The Morgan fingerprint density at radius 2 is 2.27 bits per heavy atom. The van der Waals surface area contributed by atoms with Crippen LogP contribution in [0.3, 0.4) is 0 Å². The summed E-state index contributed by atoms with van der Waals surface area (Å²) in [6, 6.07) is 0. The van der Waals surface area contributed by atoms with Gasteiger partial charge >= 0.3 is 0 Å². The molecule has 0 aliphatic carbocycles. The average Bonchev–Trinajstić information content (AvgIpc) is 1.86. The fraction of sp³-hybridized carbons (Fsp3) is 1.00. The number of likely N-dealkylation sites (N-methyl/N-ethyl adjacent to an activating group) is 1. The molecule has 0 radical (unpaired) electrons. The molecule has 1 heterocycles. The third-order valence-corrected chi connectivity index (χ3v) is 3.44. The van der Waals surface area contributed by atoms with Crippen molar-refractivity contribution in [3.05, 3.63) is 0 Å². The van der Waals surface area contributed by atoms with Crippen LogP contribution in [-0.4, -0.2) is 45.6 Å². The van der Waals surface area contributed by atoms with Gasteiger partial charge in [-0.2, -0.15) is 4.65 Å². The average molecular weight is 272 g/mol. The first-order valence-corrected chi connectivity index (χ1v) is 5.39. The maximum atomic E-state index is 9.53. The van der Waals surface area contributed by atoms with Crippen molar-refractivity contribution in [2.45, 2.75) is 12.5 Å². The number of aliphatic hydroxyl groups excluding tert-OH is 1. The van der Waals surface area contributed by atoms with E-state index in [9.17, 15) is 10.3 Å². The number of quaternary nitrogens is 1. The Labute approximate surface area is 80.7 Å². The maximum absolute atomic E-state index is 9.53. The van der Waals surface area contributed by atoms with Gasteiger partial charge in [0, 0.05) is 16.8 Å². The van der Waals surface area contributed by atoms with E-state index in [0.717, 1.165) is 17.4 Å². The van der Waals surface area contributed by atoms with Gasteiger partial charge in [0.05, 0.1) is 7.05 Å². The Morgan fingerprint density at radius 3 is 2.73 bits per heavy atom. The van der Waals surface area contributed by atoms with Gasteiger partial charge in [0.25, 0.3) is 0 Å². The van der Waals surface area contributed by atoms with Crippen LogP contribution in [0.5, 0.6) is 0 Å². The molecule has 1 unspecified atom stereocenters. The largest absolute Gasteiger partial charge is 0.387 e. The fourth-order valence-electron chi connectivity index (χ4n) is 1.46. The highest BCUT2D eigenvalue weighted by Crippen LogP contribution is 2.22. The predicted molar refractivity (Wildman–Crippen MR) is 50.7 cm³/mol. The highest BCUT2D eigenvalue weighted by atomic mass is 127. The minimum absolute atomic E-state index is 0.0195. The van der Waals surface area contributed by atoms with Crippen LogP contribution < -0.4 is 0 Å². The fourth-order valence-corrected chi connectivity index (χ4v) is 2.49. The first kappa shape index (κ1) is 9.70. The van der Waals surface area contributed by atoms with E-state index in [4.69, 9.17) is 0 Å². The molecule has 0 aromatic rings. The molecule has 1 fully saturated rings. The van der Waals surface area contributed by atoms with Gasteiger partial charge in [0.2, 0.25) is 0 Å². The molecule has 1 rings (SSSR count). The SMILES string of the molecule is C[N+]1(O)CC[C@@H](CI)[C@H](O)C1. The number of hydrogen-bond acceptors (Lipinski definition) is 2. The summed E-state index contributed by atoms with van der Waals surface area (Å²) in [5.74, 6) is 0.383. The molecule has 2 N–H and O–H groups in total. The van der Waals surface area contributed by atoms with Crippen molar-refractivity contribution in [2.75, 3.05) is 24.6 Å². The lowest BCUT2D eigenvalue weighted by molar-refractivity contribution is -1.09. The van der Waals surface area contributed by atoms with Crippen LogP contribution >= 0.6 is 22.6 Å². The van der Waals surface area contributed by atoms with E-state index in [1.54, 1.807) is 7.05 Å². The quantitative estimate of drug-likeness (QED) is 0.418. The summed E-state index contributed by atoms with van der Waals surface area (Å²) in [6.07, 6.45) is 0.604. The molecule has 1 aliphatic rings. The lowest BCUT2D eigenvalue weighted by atomic mass is 9.96. The zero-order chi connectivity index (χ0) is 8.48. The van der Waals surface area contributed by atoms with E-state index in [0.29, 0.717) is 12.5 Å². The van der Waals surface area contributed by atoms with Crippen LogP contribution in [0.4, 0.5) is 0 Å². The maximum Gasteiger partial charge on any atom is 0.135 e. The summed E-state index contributed by atoms with van der Waals surface area (Å²) >= 11 is 2.29. The molecule has 0 aromatic carbocycles. The van der Waals surface area contributed by atoms with Crippen molar-refractivity contribution >= 4 is 22.6 Å². The van der Waals surface area contributed by atoms with Crippen LogP contribution in [0.15, 0.2) is 0 Å². The number of alkyl halides is 1. The summed E-state index contributed by atoms with van der Waals surface area (Å²) < 4.78 is 0.966. The van der Waals surface area contributed by atoms with E-state index in [1.807, 2.05) is 0 Å². The normalized spacial score (nSPS) is 45.8. The number of piperidine rings is 1. The highest BCUT2D eigenvalue weighted by molar-refractivity contribution is 14.1. The van der Waals surface area contributed by atoms with Crippen molar-refractivity contribution in [3.8, 4) is 0 Å². The molecule has 0 amide bonds. The molecule has 4 heteroatoms. The minimum Gasteiger partial charge on any atom is -0.387 e. The van der Waals surface area contributed by atoms with Gasteiger partial charge in [-0.3, -0.25) is 0 Å². The van der Waals surface area contributed by atoms with Gasteiger partial charge in [-0.05, 0) is 0 Å². The summed E-state index contributed by atoms with van der Waals surface area (Å²) in [5.41, 5.74) is 0. The van der Waals surface area contributed by atoms with E-state index >= 15 is 0 Å². The van der Waals surface area contributed by atoms with Gasteiger partial charge in [-0.25, -0.2) is 5.21 Å². The number of nitrogens with zero attached hydrogens (tertiary/aromatic N) is 1. The predicted octanol–water partition coefficient (Wildman–Crippen LogP) is 0.638. The molecule has 0 spiro atoms. The Morgan fingerprint density at radius 1 is 1.64 bits per heavy atom. The van der Waals surface area contributed by atoms with Crippen LogP contribution in [0, 0.1) is 5.92 Å². The number of hydroxylamine groups is 3. The molecule has 0 aromatic heterocycles. The van der Waals surface area contributed by atoms with Gasteiger partial charge in [-0.15, -0.1) is 0 Å². The zero-order valence-corrected chi connectivity index (χ0v) is 8.86. The molecule has 11 heavy (non-hydrogen) atoms. The molecular weight excluding hydrogens is 257 g/mol. The van der Waals surface area contributed by atoms with Crippen molar-refractivity contribution in [1.82, 2.24) is 0 Å². The standard InChI is InChI=1S/C7H15INO2/c1-9(11)3-2-6(4-8)7(10)5-9/h6-7,10-11H,2-5H2,1H3/q+1/t6-,7+,9?/m0/s1. The second-order valence-electron chi connectivity index (χ2n) is 3.52. The summed E-state index contributed by atoms with van der Waals surface area (Å²) in [6.45, 7) is 1.25. The molecule has 0 bridgehead atoms. The van der Waals surface area contributed by atoms with Crippen molar-refractivity contribution in [1.29, 1.82) is 0 Å². The van der Waals surface area contributed by atoms with Crippen molar-refractivity contribution < 1.29 is 15.0 Å². The van der Waals surface area contributed by atoms with Crippen LogP contribution in [0.25, 0.3) is 0 Å². The highest BCUT2D eigenvalue weighted by Gasteiger charge is 2.35. The van der Waals surface area contributed by atoms with E-state index in [-0.39, 0.29) is 10.8 Å². The molecule has 1 aliphatic heterocycles. The molecule has 3 atom stereocenters. The van der Waals surface area contributed by atoms with E-state index < -0.39 is 0 Å². The number of rotatable bonds is 1. The zero-order valence-electron chi connectivity index (χ0n) is 6.70. The third-order valence-electron chi connectivity index (χ3n) is 2.30. The van der Waals surface area contributed by atoms with Crippen LogP contribution in [-0.2, 0) is 0 Å². The monoisotopic (exact) mass is 272 g/mol. The first-order chi connectivity index (χ1) is 5.05. The number of hydrogen-bond donors (Lipinski definition) is 2.